The van der Waals surface area contributed by atoms with Crippen LogP contribution in [0, 0.1) is 0 Å². The lowest BCUT2D eigenvalue weighted by Gasteiger charge is -2.06. The lowest BCUT2D eigenvalue weighted by atomic mass is 10.0. The molecule has 0 aromatic rings. The summed E-state index contributed by atoms with van der Waals surface area (Å²) >= 11 is 5.62. The molecule has 0 fully saturated rings. The number of carbonyl (C=O) groups is 1. The van der Waals surface area contributed by atoms with Crippen molar-refractivity contribution in [3.8, 4) is 0 Å². The lowest BCUT2D eigenvalue weighted by Crippen LogP contribution is -2.15. The average Bonchev–Trinajstić information content (AvgIpc) is 1.95. The Hall–Kier alpha value is -0.820. The quantitative estimate of drug-likeness (QED) is 0.527. The average molecular weight is 155 g/mol. The van der Waals surface area contributed by atoms with Crippen molar-refractivity contribution >= 4 is 17.4 Å². The third kappa shape index (κ3) is 1.19. The fourth-order valence-electron chi connectivity index (χ4n) is 0.754. The predicted octanol–water partition coefficient (Wildman–Crippen LogP) is 1.85. The molecule has 0 saturated heterocycles. The summed E-state index contributed by atoms with van der Waals surface area (Å²) in [7, 11) is 0. The third-order valence-electron chi connectivity index (χ3n) is 1.31. The molecule has 52 valence electrons. The molecule has 0 aliphatic heterocycles. The highest BCUT2D eigenvalue weighted by Gasteiger charge is 2.16. The van der Waals surface area contributed by atoms with Gasteiger partial charge >= 0.3 is 0 Å². The molecule has 1 aliphatic carbocycles. The molecular formula is C8H7ClO. The van der Waals surface area contributed by atoms with E-state index in [9.17, 15) is 4.79 Å². The molecule has 0 heterocycles. The van der Waals surface area contributed by atoms with Gasteiger partial charge in [0.2, 0.25) is 0 Å². The van der Waals surface area contributed by atoms with Gasteiger partial charge in [-0.1, -0.05) is 30.9 Å². The molecule has 1 nitrogen and oxygen atoms in total. The van der Waals surface area contributed by atoms with E-state index in [2.05, 4.69) is 6.58 Å². The molecule has 1 aliphatic rings. The topological polar surface area (TPSA) is 17.1 Å². The summed E-state index contributed by atoms with van der Waals surface area (Å²) in [6.45, 7) is 3.49. The van der Waals surface area contributed by atoms with Crippen molar-refractivity contribution < 1.29 is 4.79 Å². The Morgan fingerprint density at radius 3 is 2.90 bits per heavy atom. The maximum absolute atomic E-state index is 11.0. The molecule has 0 N–H and O–H groups in total. The molecule has 0 aromatic heterocycles. The fourth-order valence-corrected chi connectivity index (χ4v) is 0.964. The molecular weight excluding hydrogens is 148 g/mol. The van der Waals surface area contributed by atoms with Crippen LogP contribution in [0.5, 0.6) is 0 Å². The van der Waals surface area contributed by atoms with Gasteiger partial charge in [-0.25, -0.2) is 0 Å². The zero-order valence-corrected chi connectivity index (χ0v) is 6.14. The number of ketones is 1. The highest BCUT2D eigenvalue weighted by atomic mass is 35.5. The lowest BCUT2D eigenvalue weighted by molar-refractivity contribution is -0.114. The van der Waals surface area contributed by atoms with Crippen LogP contribution in [0.15, 0.2) is 36.5 Å². The Morgan fingerprint density at radius 2 is 2.40 bits per heavy atom. The summed E-state index contributed by atoms with van der Waals surface area (Å²) in [4.78, 5) is 11.0. The van der Waals surface area contributed by atoms with E-state index in [0.717, 1.165) is 0 Å². The summed E-state index contributed by atoms with van der Waals surface area (Å²) in [5.74, 6) is -0.0702. The molecule has 1 unspecified atom stereocenters. The Balaban J connectivity index is 2.92. The zero-order chi connectivity index (χ0) is 7.56. The van der Waals surface area contributed by atoms with Crippen molar-refractivity contribution in [2.24, 2.45) is 0 Å². The second-order valence-corrected chi connectivity index (χ2v) is 2.45. The van der Waals surface area contributed by atoms with Crippen LogP contribution in [0.25, 0.3) is 0 Å². The Bertz CT molecular complexity index is 225. The first-order valence-corrected chi connectivity index (χ1v) is 3.38. The molecule has 0 radical (unpaired) electrons. The van der Waals surface area contributed by atoms with Gasteiger partial charge in [0.05, 0.1) is 0 Å². The van der Waals surface area contributed by atoms with Gasteiger partial charge in [-0.05, 0) is 0 Å². The van der Waals surface area contributed by atoms with Crippen molar-refractivity contribution in [1.29, 1.82) is 0 Å². The van der Waals surface area contributed by atoms with Crippen LogP contribution < -0.4 is 0 Å². The standard InChI is InChI=1S/C8H7ClO/c1-2-6-4-3-5-7(9)8(6)10/h2-5,7H,1H2. The molecule has 0 saturated carbocycles. The van der Waals surface area contributed by atoms with Crippen molar-refractivity contribution in [2.45, 2.75) is 5.38 Å². The van der Waals surface area contributed by atoms with Crippen LogP contribution >= 0.6 is 11.6 Å². The number of Topliss-reactive ketones (excluding diaryl/α,β-unsaturated/α-hetero) is 1. The first kappa shape index (κ1) is 7.29. The first-order valence-electron chi connectivity index (χ1n) is 2.95. The number of hydrogen-bond acceptors (Lipinski definition) is 1. The minimum atomic E-state index is -0.502. The van der Waals surface area contributed by atoms with Gasteiger partial charge < -0.3 is 0 Å². The highest BCUT2D eigenvalue weighted by Crippen LogP contribution is 2.13. The van der Waals surface area contributed by atoms with E-state index in [-0.39, 0.29) is 5.78 Å². The largest absolute Gasteiger partial charge is 0.292 e. The zero-order valence-electron chi connectivity index (χ0n) is 5.38. The number of carbonyl (C=O) groups excluding carboxylic acids is 1. The van der Waals surface area contributed by atoms with Gasteiger partial charge in [0.15, 0.2) is 5.78 Å². The minimum absolute atomic E-state index is 0.0702. The molecule has 0 amide bonds. The van der Waals surface area contributed by atoms with Gasteiger partial charge in [-0.3, -0.25) is 4.79 Å². The van der Waals surface area contributed by atoms with E-state index in [4.69, 9.17) is 11.6 Å². The van der Waals surface area contributed by atoms with Crippen LogP contribution in [0.4, 0.5) is 0 Å². The second-order valence-electron chi connectivity index (χ2n) is 1.98. The van der Waals surface area contributed by atoms with E-state index in [1.807, 2.05) is 0 Å². The summed E-state index contributed by atoms with van der Waals surface area (Å²) in [5, 5.41) is -0.502. The summed E-state index contributed by atoms with van der Waals surface area (Å²) in [6, 6.07) is 0. The number of alkyl halides is 1. The predicted molar refractivity (Wildman–Crippen MR) is 42.1 cm³/mol. The minimum Gasteiger partial charge on any atom is -0.292 e. The molecule has 0 spiro atoms. The smallest absolute Gasteiger partial charge is 0.184 e. The third-order valence-corrected chi connectivity index (χ3v) is 1.65. The van der Waals surface area contributed by atoms with Crippen molar-refractivity contribution in [3.63, 3.8) is 0 Å². The molecule has 1 rings (SSSR count). The van der Waals surface area contributed by atoms with E-state index in [1.54, 1.807) is 18.2 Å². The summed E-state index contributed by atoms with van der Waals surface area (Å²) in [5.41, 5.74) is 0.586. The van der Waals surface area contributed by atoms with Crippen LogP contribution in [-0.2, 0) is 4.79 Å². The van der Waals surface area contributed by atoms with Gasteiger partial charge in [-0.15, -0.1) is 11.6 Å². The summed E-state index contributed by atoms with van der Waals surface area (Å²) < 4.78 is 0. The fraction of sp³-hybridized carbons (Fsp3) is 0.125. The van der Waals surface area contributed by atoms with Gasteiger partial charge in [0.25, 0.3) is 0 Å². The molecule has 0 aromatic carbocycles. The van der Waals surface area contributed by atoms with E-state index < -0.39 is 5.38 Å². The maximum atomic E-state index is 11.0. The Kier molecular flexibility index (Phi) is 2.07. The number of rotatable bonds is 1. The normalized spacial score (nSPS) is 24.3. The first-order chi connectivity index (χ1) is 4.75. The van der Waals surface area contributed by atoms with Crippen LogP contribution in [0.3, 0.4) is 0 Å². The van der Waals surface area contributed by atoms with Crippen LogP contribution in [0.1, 0.15) is 0 Å². The van der Waals surface area contributed by atoms with Crippen LogP contribution in [-0.4, -0.2) is 11.2 Å². The van der Waals surface area contributed by atoms with E-state index in [0.29, 0.717) is 5.57 Å². The maximum Gasteiger partial charge on any atom is 0.184 e. The molecule has 1 atom stereocenters. The summed E-state index contributed by atoms with van der Waals surface area (Å²) in [6.07, 6.45) is 6.63. The van der Waals surface area contributed by atoms with Gasteiger partial charge in [0.1, 0.15) is 5.38 Å². The number of hydrogen-bond donors (Lipinski definition) is 0. The SMILES string of the molecule is C=CC1=CC=CC(Cl)C1=O. The van der Waals surface area contributed by atoms with Crippen molar-refractivity contribution in [3.05, 3.63) is 36.5 Å². The highest BCUT2D eigenvalue weighted by molar-refractivity contribution is 6.36. The number of allylic oxidation sites excluding steroid dienone is 5. The van der Waals surface area contributed by atoms with E-state index in [1.165, 1.54) is 6.08 Å². The molecule has 10 heavy (non-hydrogen) atoms. The van der Waals surface area contributed by atoms with Crippen LogP contribution in [0.2, 0.25) is 0 Å². The monoisotopic (exact) mass is 154 g/mol. The van der Waals surface area contributed by atoms with Gasteiger partial charge in [0, 0.05) is 5.57 Å². The van der Waals surface area contributed by atoms with Crippen molar-refractivity contribution in [1.82, 2.24) is 0 Å². The molecule has 2 heteroatoms. The van der Waals surface area contributed by atoms with E-state index >= 15 is 0 Å². The Morgan fingerprint density at radius 1 is 1.70 bits per heavy atom. The van der Waals surface area contributed by atoms with Gasteiger partial charge in [-0.2, -0.15) is 0 Å². The van der Waals surface area contributed by atoms with Crippen molar-refractivity contribution in [2.75, 3.05) is 0 Å². The molecule has 0 bridgehead atoms. The Labute approximate surface area is 64.7 Å². The number of halogens is 1. The second kappa shape index (κ2) is 2.84.